The van der Waals surface area contributed by atoms with E-state index >= 15 is 0 Å². The van der Waals surface area contributed by atoms with Crippen LogP contribution in [0.2, 0.25) is 0 Å². The smallest absolute Gasteiger partial charge is 0.137 e. The molecule has 0 aromatic heterocycles. The first-order valence-corrected chi connectivity index (χ1v) is 5.80. The van der Waals surface area contributed by atoms with Crippen molar-refractivity contribution in [2.24, 2.45) is 0 Å². The Hall–Kier alpha value is -1.55. The molecule has 0 amide bonds. The lowest BCUT2D eigenvalue weighted by atomic mass is 10.2. The van der Waals surface area contributed by atoms with Gasteiger partial charge in [0, 0.05) is 6.07 Å². The third-order valence-electron chi connectivity index (χ3n) is 2.21. The summed E-state index contributed by atoms with van der Waals surface area (Å²) in [4.78, 5) is 0. The molecule has 0 aliphatic rings. The van der Waals surface area contributed by atoms with Gasteiger partial charge in [-0.3, -0.25) is 0 Å². The predicted molar refractivity (Wildman–Crippen MR) is 66.5 cm³/mol. The van der Waals surface area contributed by atoms with E-state index < -0.39 is 0 Å². The Morgan fingerprint density at radius 1 is 1.18 bits per heavy atom. The molecule has 17 heavy (non-hydrogen) atoms. The van der Waals surface area contributed by atoms with Crippen LogP contribution in [0.1, 0.15) is 5.56 Å². The van der Waals surface area contributed by atoms with E-state index in [-0.39, 0.29) is 11.6 Å². The van der Waals surface area contributed by atoms with Crippen LogP contribution in [0.25, 0.3) is 0 Å². The quantitative estimate of drug-likeness (QED) is 0.931. The number of phenolic OH excluding ortho intramolecular Hbond substituents is 1. The minimum atomic E-state index is -0.300. The van der Waals surface area contributed by atoms with E-state index in [9.17, 15) is 9.50 Å². The second-order valence-electron chi connectivity index (χ2n) is 3.53. The first kappa shape index (κ1) is 11.9. The Balaban J connectivity index is 2.05. The lowest BCUT2D eigenvalue weighted by molar-refractivity contribution is 0.304. The second-order valence-corrected chi connectivity index (χ2v) is 4.39. The molecule has 0 saturated heterocycles. The summed E-state index contributed by atoms with van der Waals surface area (Å²) in [5.41, 5.74) is 0.849. The van der Waals surface area contributed by atoms with E-state index in [1.165, 1.54) is 12.1 Å². The first-order chi connectivity index (χ1) is 8.15. The monoisotopic (exact) mass is 296 g/mol. The highest BCUT2D eigenvalue weighted by Crippen LogP contribution is 2.21. The summed E-state index contributed by atoms with van der Waals surface area (Å²) in [6.45, 7) is 0.322. The highest BCUT2D eigenvalue weighted by atomic mass is 79.9. The Morgan fingerprint density at radius 3 is 2.71 bits per heavy atom. The van der Waals surface area contributed by atoms with E-state index in [1.54, 1.807) is 30.3 Å². The third kappa shape index (κ3) is 3.20. The SMILES string of the molecule is Oc1cccc(OCc2ccc(F)c(Br)c2)c1. The minimum Gasteiger partial charge on any atom is -0.508 e. The van der Waals surface area contributed by atoms with Gasteiger partial charge in [-0.1, -0.05) is 12.1 Å². The van der Waals surface area contributed by atoms with E-state index in [0.717, 1.165) is 5.56 Å². The zero-order valence-electron chi connectivity index (χ0n) is 8.86. The van der Waals surface area contributed by atoms with Crippen LogP contribution in [-0.4, -0.2) is 5.11 Å². The van der Waals surface area contributed by atoms with Gasteiger partial charge in [-0.25, -0.2) is 4.39 Å². The molecule has 0 radical (unpaired) electrons. The second kappa shape index (κ2) is 5.19. The molecule has 0 fully saturated rings. The normalized spacial score (nSPS) is 10.2. The van der Waals surface area contributed by atoms with Crippen LogP contribution in [0, 0.1) is 5.82 Å². The summed E-state index contributed by atoms with van der Waals surface area (Å²) in [7, 11) is 0. The average Bonchev–Trinajstić information content (AvgIpc) is 2.31. The maximum Gasteiger partial charge on any atom is 0.137 e. The standard InChI is InChI=1S/C13H10BrFO2/c14-12-6-9(4-5-13(12)15)8-17-11-3-1-2-10(16)7-11/h1-7,16H,8H2. The van der Waals surface area contributed by atoms with Gasteiger partial charge in [-0.05, 0) is 45.8 Å². The molecule has 0 aliphatic carbocycles. The van der Waals surface area contributed by atoms with Gasteiger partial charge in [0.15, 0.2) is 0 Å². The lowest BCUT2D eigenvalue weighted by Gasteiger charge is -2.07. The van der Waals surface area contributed by atoms with E-state index in [1.807, 2.05) is 0 Å². The maximum atomic E-state index is 13.0. The van der Waals surface area contributed by atoms with Gasteiger partial charge >= 0.3 is 0 Å². The average molecular weight is 297 g/mol. The van der Waals surface area contributed by atoms with Gasteiger partial charge in [0.25, 0.3) is 0 Å². The van der Waals surface area contributed by atoms with Crippen molar-refractivity contribution in [3.8, 4) is 11.5 Å². The molecule has 2 nitrogen and oxygen atoms in total. The van der Waals surface area contributed by atoms with E-state index in [4.69, 9.17) is 4.74 Å². The number of aromatic hydroxyl groups is 1. The summed E-state index contributed by atoms with van der Waals surface area (Å²) < 4.78 is 18.9. The number of phenols is 1. The minimum absolute atomic E-state index is 0.155. The van der Waals surface area contributed by atoms with Gasteiger partial charge in [0.05, 0.1) is 4.47 Å². The van der Waals surface area contributed by atoms with Crippen molar-refractivity contribution in [3.05, 3.63) is 58.3 Å². The molecule has 0 aliphatic heterocycles. The van der Waals surface area contributed by atoms with Gasteiger partial charge in [-0.2, -0.15) is 0 Å². The summed E-state index contributed by atoms with van der Waals surface area (Å²) in [5.74, 6) is 0.430. The molecule has 4 heteroatoms. The van der Waals surface area contributed by atoms with Crippen LogP contribution in [0.4, 0.5) is 4.39 Å². The molecule has 0 atom stereocenters. The van der Waals surface area contributed by atoms with Crippen molar-refractivity contribution >= 4 is 15.9 Å². The summed E-state index contributed by atoms with van der Waals surface area (Å²) in [6.07, 6.45) is 0. The van der Waals surface area contributed by atoms with Crippen molar-refractivity contribution in [1.82, 2.24) is 0 Å². The Morgan fingerprint density at radius 2 is 2.00 bits per heavy atom. The number of rotatable bonds is 3. The van der Waals surface area contributed by atoms with Crippen molar-refractivity contribution in [1.29, 1.82) is 0 Å². The zero-order valence-corrected chi connectivity index (χ0v) is 10.4. The molecule has 1 N–H and O–H groups in total. The van der Waals surface area contributed by atoms with Gasteiger partial charge in [-0.15, -0.1) is 0 Å². The Kier molecular flexibility index (Phi) is 3.64. The van der Waals surface area contributed by atoms with Crippen LogP contribution in [0.3, 0.4) is 0 Å². The highest BCUT2D eigenvalue weighted by Gasteiger charge is 2.01. The molecule has 2 aromatic rings. The van der Waals surface area contributed by atoms with Gasteiger partial charge < -0.3 is 9.84 Å². The summed E-state index contributed by atoms with van der Waals surface area (Å²) in [6, 6.07) is 11.2. The molecule has 2 rings (SSSR count). The maximum absolute atomic E-state index is 13.0. The van der Waals surface area contributed by atoms with Crippen LogP contribution >= 0.6 is 15.9 Å². The van der Waals surface area contributed by atoms with Crippen LogP contribution in [0.5, 0.6) is 11.5 Å². The van der Waals surface area contributed by atoms with Crippen LogP contribution in [0.15, 0.2) is 46.9 Å². The molecular formula is C13H10BrFO2. The van der Waals surface area contributed by atoms with Crippen LogP contribution < -0.4 is 4.74 Å². The summed E-state index contributed by atoms with van der Waals surface area (Å²) in [5, 5.41) is 9.25. The Labute approximate surface area is 107 Å². The fourth-order valence-corrected chi connectivity index (χ4v) is 1.80. The third-order valence-corrected chi connectivity index (χ3v) is 2.81. The number of hydrogen-bond donors (Lipinski definition) is 1. The molecule has 2 aromatic carbocycles. The molecule has 0 unspecified atom stereocenters. The first-order valence-electron chi connectivity index (χ1n) is 5.01. The van der Waals surface area contributed by atoms with Crippen LogP contribution in [-0.2, 0) is 6.61 Å². The molecule has 88 valence electrons. The van der Waals surface area contributed by atoms with Gasteiger partial charge in [0.2, 0.25) is 0 Å². The fourth-order valence-electron chi connectivity index (χ4n) is 1.37. The van der Waals surface area contributed by atoms with Crippen molar-refractivity contribution in [2.75, 3.05) is 0 Å². The molecule has 0 saturated carbocycles. The summed E-state index contributed by atoms with van der Waals surface area (Å²) >= 11 is 3.11. The number of hydrogen-bond acceptors (Lipinski definition) is 2. The largest absolute Gasteiger partial charge is 0.508 e. The van der Waals surface area contributed by atoms with E-state index in [0.29, 0.717) is 16.8 Å². The van der Waals surface area contributed by atoms with E-state index in [2.05, 4.69) is 15.9 Å². The fraction of sp³-hybridized carbons (Fsp3) is 0.0769. The number of ether oxygens (including phenoxy) is 1. The Bertz CT molecular complexity index is 529. The molecule has 0 spiro atoms. The predicted octanol–water partition coefficient (Wildman–Crippen LogP) is 3.87. The highest BCUT2D eigenvalue weighted by molar-refractivity contribution is 9.10. The zero-order chi connectivity index (χ0) is 12.3. The van der Waals surface area contributed by atoms with Gasteiger partial charge in [0.1, 0.15) is 23.9 Å². The lowest BCUT2D eigenvalue weighted by Crippen LogP contribution is -1.95. The number of halogens is 2. The van der Waals surface area contributed by atoms with Crippen molar-refractivity contribution < 1.29 is 14.2 Å². The number of benzene rings is 2. The topological polar surface area (TPSA) is 29.5 Å². The molecule has 0 heterocycles. The molecular weight excluding hydrogens is 287 g/mol. The molecule has 0 bridgehead atoms. The van der Waals surface area contributed by atoms with Crippen molar-refractivity contribution in [3.63, 3.8) is 0 Å². The van der Waals surface area contributed by atoms with Crippen molar-refractivity contribution in [2.45, 2.75) is 6.61 Å².